The smallest absolute Gasteiger partial charge is 0.313 e. The summed E-state index contributed by atoms with van der Waals surface area (Å²) < 4.78 is 10.2. The SMILES string of the molecule is CCOC(=O)CC(=O)c1c(CC(=O)OC(C)(C)C)cc2ccccc2c1N. The Bertz CT molecular complexity index is 880. The molecule has 0 aliphatic rings. The Morgan fingerprint density at radius 1 is 1.07 bits per heavy atom. The summed E-state index contributed by atoms with van der Waals surface area (Å²) in [5.74, 6) is -1.57. The van der Waals surface area contributed by atoms with E-state index in [1.54, 1.807) is 39.8 Å². The number of nitrogens with two attached hydrogens (primary N) is 1. The largest absolute Gasteiger partial charge is 0.466 e. The number of carbonyl (C=O) groups excluding carboxylic acids is 3. The molecule has 0 spiro atoms. The Morgan fingerprint density at radius 3 is 2.37 bits per heavy atom. The Balaban J connectivity index is 2.48. The molecule has 6 nitrogen and oxygen atoms in total. The molecule has 2 aromatic carbocycles. The fraction of sp³-hybridized carbons (Fsp3) is 0.381. The molecule has 0 fully saturated rings. The molecular formula is C21H25NO5. The van der Waals surface area contributed by atoms with E-state index in [0.717, 1.165) is 5.39 Å². The minimum absolute atomic E-state index is 0.115. The minimum Gasteiger partial charge on any atom is -0.466 e. The highest BCUT2D eigenvalue weighted by Gasteiger charge is 2.24. The minimum atomic E-state index is -0.644. The molecular weight excluding hydrogens is 346 g/mol. The van der Waals surface area contributed by atoms with Crippen molar-refractivity contribution in [2.75, 3.05) is 12.3 Å². The Kier molecular flexibility index (Phi) is 6.20. The lowest BCUT2D eigenvalue weighted by atomic mass is 9.92. The van der Waals surface area contributed by atoms with Gasteiger partial charge in [-0.05, 0) is 44.7 Å². The number of benzene rings is 2. The first-order valence-electron chi connectivity index (χ1n) is 8.83. The van der Waals surface area contributed by atoms with Crippen LogP contribution in [-0.2, 0) is 25.5 Å². The zero-order valence-electron chi connectivity index (χ0n) is 16.1. The van der Waals surface area contributed by atoms with Gasteiger partial charge in [-0.25, -0.2) is 0 Å². The predicted octanol–water partition coefficient (Wildman–Crippen LogP) is 3.44. The van der Waals surface area contributed by atoms with E-state index >= 15 is 0 Å². The monoisotopic (exact) mass is 371 g/mol. The summed E-state index contributed by atoms with van der Waals surface area (Å²) in [6.07, 6.45) is -0.548. The lowest BCUT2D eigenvalue weighted by molar-refractivity contribution is -0.154. The zero-order chi connectivity index (χ0) is 20.2. The van der Waals surface area contributed by atoms with Crippen molar-refractivity contribution in [2.45, 2.75) is 46.1 Å². The molecule has 0 saturated carbocycles. The molecule has 0 atom stereocenters. The van der Waals surface area contributed by atoms with Crippen molar-refractivity contribution >= 4 is 34.2 Å². The molecule has 2 aromatic rings. The third-order valence-electron chi connectivity index (χ3n) is 3.82. The average molecular weight is 371 g/mol. The molecule has 0 unspecified atom stereocenters. The molecule has 0 saturated heterocycles. The Hall–Kier alpha value is -2.89. The zero-order valence-corrected chi connectivity index (χ0v) is 16.1. The van der Waals surface area contributed by atoms with E-state index in [9.17, 15) is 14.4 Å². The molecule has 27 heavy (non-hydrogen) atoms. The number of fused-ring (bicyclic) bond motifs is 1. The normalized spacial score (nSPS) is 11.3. The Labute approximate surface area is 158 Å². The number of hydrogen-bond donors (Lipinski definition) is 1. The number of hydrogen-bond acceptors (Lipinski definition) is 6. The summed E-state index contributed by atoms with van der Waals surface area (Å²) in [7, 11) is 0. The van der Waals surface area contributed by atoms with Crippen LogP contribution in [0.3, 0.4) is 0 Å². The van der Waals surface area contributed by atoms with Crippen molar-refractivity contribution in [1.82, 2.24) is 0 Å². The molecule has 0 bridgehead atoms. The van der Waals surface area contributed by atoms with Gasteiger partial charge in [0.2, 0.25) is 0 Å². The van der Waals surface area contributed by atoms with E-state index in [1.165, 1.54) is 0 Å². The van der Waals surface area contributed by atoms with E-state index in [2.05, 4.69) is 0 Å². The van der Waals surface area contributed by atoms with Gasteiger partial charge in [0.05, 0.1) is 18.7 Å². The van der Waals surface area contributed by atoms with Gasteiger partial charge in [-0.3, -0.25) is 14.4 Å². The van der Waals surface area contributed by atoms with Crippen LogP contribution in [0.5, 0.6) is 0 Å². The number of anilines is 1. The van der Waals surface area contributed by atoms with Gasteiger partial charge in [0, 0.05) is 10.9 Å². The molecule has 0 aliphatic carbocycles. The van der Waals surface area contributed by atoms with Crippen molar-refractivity contribution in [1.29, 1.82) is 0 Å². The van der Waals surface area contributed by atoms with E-state index < -0.39 is 29.7 Å². The summed E-state index contributed by atoms with van der Waals surface area (Å²) in [6, 6.07) is 9.05. The lowest BCUT2D eigenvalue weighted by Gasteiger charge is -2.20. The maximum Gasteiger partial charge on any atom is 0.313 e. The Morgan fingerprint density at radius 2 is 1.74 bits per heavy atom. The van der Waals surface area contributed by atoms with Crippen LogP contribution in [0.4, 0.5) is 5.69 Å². The molecule has 2 rings (SSSR count). The topological polar surface area (TPSA) is 95.7 Å². The van der Waals surface area contributed by atoms with Crippen LogP contribution in [0, 0.1) is 0 Å². The second-order valence-electron chi connectivity index (χ2n) is 7.21. The quantitative estimate of drug-likeness (QED) is 0.362. The van der Waals surface area contributed by atoms with Gasteiger partial charge in [-0.2, -0.15) is 0 Å². The summed E-state index contributed by atoms with van der Waals surface area (Å²) in [5, 5.41) is 1.50. The highest BCUT2D eigenvalue weighted by Crippen LogP contribution is 2.30. The average Bonchev–Trinajstić information content (AvgIpc) is 2.53. The lowest BCUT2D eigenvalue weighted by Crippen LogP contribution is -2.25. The molecule has 0 aromatic heterocycles. The van der Waals surface area contributed by atoms with Crippen LogP contribution in [0.1, 0.15) is 50.0 Å². The predicted molar refractivity (Wildman–Crippen MR) is 103 cm³/mol. The van der Waals surface area contributed by atoms with Gasteiger partial charge in [0.25, 0.3) is 0 Å². The fourth-order valence-electron chi connectivity index (χ4n) is 2.87. The number of nitrogen functional groups attached to an aromatic ring is 1. The van der Waals surface area contributed by atoms with Crippen LogP contribution in [0.2, 0.25) is 0 Å². The highest BCUT2D eigenvalue weighted by molar-refractivity contribution is 6.14. The standard InChI is InChI=1S/C21H25NO5/c1-5-26-17(24)12-16(23)19-14(11-18(25)27-21(2,3)4)10-13-8-6-7-9-15(13)20(19)22/h6-10H,5,11-12,22H2,1-4H3. The number of carbonyl (C=O) groups is 3. The molecule has 2 N–H and O–H groups in total. The van der Waals surface area contributed by atoms with Gasteiger partial charge in [-0.15, -0.1) is 0 Å². The first-order valence-corrected chi connectivity index (χ1v) is 8.83. The number of ether oxygens (including phenoxy) is 2. The van der Waals surface area contributed by atoms with Crippen LogP contribution in [0.25, 0.3) is 10.8 Å². The van der Waals surface area contributed by atoms with E-state index in [1.807, 2.05) is 18.2 Å². The van der Waals surface area contributed by atoms with E-state index in [0.29, 0.717) is 10.9 Å². The number of rotatable bonds is 6. The van der Waals surface area contributed by atoms with Gasteiger partial charge in [0.15, 0.2) is 5.78 Å². The van der Waals surface area contributed by atoms with Gasteiger partial charge in [-0.1, -0.05) is 24.3 Å². The number of Topliss-reactive ketones (excluding diaryl/α,β-unsaturated/α-hetero) is 1. The summed E-state index contributed by atoms with van der Waals surface area (Å²) in [4.78, 5) is 36.8. The summed E-state index contributed by atoms with van der Waals surface area (Å²) >= 11 is 0. The maximum absolute atomic E-state index is 12.7. The second-order valence-corrected chi connectivity index (χ2v) is 7.21. The van der Waals surface area contributed by atoms with Gasteiger partial charge >= 0.3 is 11.9 Å². The maximum atomic E-state index is 12.7. The number of esters is 2. The molecule has 6 heteroatoms. The van der Waals surface area contributed by atoms with Crippen LogP contribution < -0.4 is 5.73 Å². The van der Waals surface area contributed by atoms with Crippen molar-refractivity contribution < 1.29 is 23.9 Å². The highest BCUT2D eigenvalue weighted by atomic mass is 16.6. The van der Waals surface area contributed by atoms with Crippen LogP contribution in [-0.4, -0.2) is 29.9 Å². The molecule has 0 amide bonds. The third kappa shape index (κ3) is 5.29. The van der Waals surface area contributed by atoms with Crippen LogP contribution in [0.15, 0.2) is 30.3 Å². The van der Waals surface area contributed by atoms with Crippen LogP contribution >= 0.6 is 0 Å². The van der Waals surface area contributed by atoms with Crippen molar-refractivity contribution in [3.63, 3.8) is 0 Å². The van der Waals surface area contributed by atoms with Crippen molar-refractivity contribution in [3.05, 3.63) is 41.5 Å². The van der Waals surface area contributed by atoms with E-state index in [-0.39, 0.29) is 24.3 Å². The first kappa shape index (κ1) is 20.4. The summed E-state index contributed by atoms with van der Waals surface area (Å²) in [5.41, 5.74) is 6.47. The van der Waals surface area contributed by atoms with Gasteiger partial charge < -0.3 is 15.2 Å². The number of ketones is 1. The molecule has 144 valence electrons. The molecule has 0 heterocycles. The van der Waals surface area contributed by atoms with E-state index in [4.69, 9.17) is 15.2 Å². The van der Waals surface area contributed by atoms with Crippen molar-refractivity contribution in [2.24, 2.45) is 0 Å². The summed E-state index contributed by atoms with van der Waals surface area (Å²) in [6.45, 7) is 7.16. The molecule has 0 aliphatic heterocycles. The fourth-order valence-corrected chi connectivity index (χ4v) is 2.87. The molecule has 0 radical (unpaired) electrons. The first-order chi connectivity index (χ1) is 12.6. The van der Waals surface area contributed by atoms with Gasteiger partial charge in [0.1, 0.15) is 12.0 Å². The third-order valence-corrected chi connectivity index (χ3v) is 3.82. The second kappa shape index (κ2) is 8.20. The van der Waals surface area contributed by atoms with Crippen molar-refractivity contribution in [3.8, 4) is 0 Å².